The fourth-order valence-electron chi connectivity index (χ4n) is 4.32. The van der Waals surface area contributed by atoms with Gasteiger partial charge in [-0.15, -0.1) is 0 Å². The van der Waals surface area contributed by atoms with Crippen molar-refractivity contribution in [2.75, 3.05) is 38.2 Å². The number of nitrogens with one attached hydrogen (secondary N) is 1. The third kappa shape index (κ3) is 9.30. The fraction of sp³-hybridized carbons (Fsp3) is 0.303. The van der Waals surface area contributed by atoms with Gasteiger partial charge < -0.3 is 19.7 Å². The lowest BCUT2D eigenvalue weighted by Gasteiger charge is -2.17. The molecule has 1 N–H and O–H groups in total. The molecule has 0 aliphatic heterocycles. The molecule has 7 nitrogen and oxygen atoms in total. The first-order chi connectivity index (χ1) is 19.9. The van der Waals surface area contributed by atoms with Gasteiger partial charge in [-0.2, -0.15) is 0 Å². The minimum Gasteiger partial charge on any atom is -0.494 e. The van der Waals surface area contributed by atoms with E-state index in [2.05, 4.69) is 34.0 Å². The molecule has 4 aromatic rings. The molecule has 0 fully saturated rings. The molecule has 0 saturated carbocycles. The Morgan fingerprint density at radius 3 is 2.15 bits per heavy atom. The summed E-state index contributed by atoms with van der Waals surface area (Å²) in [5.41, 5.74) is 4.06. The van der Waals surface area contributed by atoms with Crippen molar-refractivity contribution < 1.29 is 14.3 Å². The maximum atomic E-state index is 13.0. The first-order valence-corrected chi connectivity index (χ1v) is 14.4. The van der Waals surface area contributed by atoms with E-state index in [4.69, 9.17) is 21.1 Å². The molecule has 0 bridgehead atoms. The van der Waals surface area contributed by atoms with E-state index in [0.717, 1.165) is 54.6 Å². The van der Waals surface area contributed by atoms with Crippen LogP contribution in [-0.2, 0) is 6.42 Å². The van der Waals surface area contributed by atoms with Gasteiger partial charge in [-0.25, -0.2) is 9.97 Å². The highest BCUT2D eigenvalue weighted by molar-refractivity contribution is 6.30. The Morgan fingerprint density at radius 1 is 0.854 bits per heavy atom. The van der Waals surface area contributed by atoms with Crippen LogP contribution in [0.4, 0.5) is 5.69 Å². The summed E-state index contributed by atoms with van der Waals surface area (Å²) in [6.07, 6.45) is 1.75. The number of rotatable bonds is 14. The van der Waals surface area contributed by atoms with Crippen LogP contribution in [0.5, 0.6) is 11.5 Å². The number of hydrogen-bond acceptors (Lipinski definition) is 6. The molecule has 0 unspecified atom stereocenters. The molecule has 0 aliphatic carbocycles. The SMILES string of the molecule is CCN(CC)CCCOc1ccc(NC(=O)c2nc(C)cc(-c3ccc(OCCc4ccc(Cl)cc4)cc3)n2)cc1. The van der Waals surface area contributed by atoms with Gasteiger partial charge in [0.15, 0.2) is 0 Å². The van der Waals surface area contributed by atoms with Crippen molar-refractivity contribution in [2.24, 2.45) is 0 Å². The van der Waals surface area contributed by atoms with Crippen LogP contribution in [0.25, 0.3) is 11.3 Å². The van der Waals surface area contributed by atoms with E-state index in [1.807, 2.05) is 85.8 Å². The van der Waals surface area contributed by atoms with Gasteiger partial charge >= 0.3 is 0 Å². The number of carbonyl (C=O) groups is 1. The number of anilines is 1. The van der Waals surface area contributed by atoms with Gasteiger partial charge in [-0.3, -0.25) is 4.79 Å². The van der Waals surface area contributed by atoms with Crippen LogP contribution in [0.15, 0.2) is 78.9 Å². The summed E-state index contributed by atoms with van der Waals surface area (Å²) in [5.74, 6) is 1.28. The van der Waals surface area contributed by atoms with Crippen molar-refractivity contribution in [3.63, 3.8) is 0 Å². The number of halogens is 1. The van der Waals surface area contributed by atoms with E-state index < -0.39 is 0 Å². The zero-order valence-corrected chi connectivity index (χ0v) is 24.7. The maximum absolute atomic E-state index is 13.0. The van der Waals surface area contributed by atoms with Crippen molar-refractivity contribution >= 4 is 23.2 Å². The third-order valence-corrected chi connectivity index (χ3v) is 6.93. The van der Waals surface area contributed by atoms with Crippen LogP contribution >= 0.6 is 11.6 Å². The lowest BCUT2D eigenvalue weighted by Crippen LogP contribution is -2.25. The molecule has 1 amide bonds. The highest BCUT2D eigenvalue weighted by Crippen LogP contribution is 2.23. The molecule has 1 aromatic heterocycles. The third-order valence-electron chi connectivity index (χ3n) is 6.67. The number of carbonyl (C=O) groups excluding carboxylic acids is 1. The van der Waals surface area contributed by atoms with Crippen molar-refractivity contribution in [1.29, 1.82) is 0 Å². The van der Waals surface area contributed by atoms with Gasteiger partial charge in [0.2, 0.25) is 5.82 Å². The molecule has 0 atom stereocenters. The minimum absolute atomic E-state index is 0.111. The molecular formula is C33H37ClN4O3. The molecule has 3 aromatic carbocycles. The van der Waals surface area contributed by atoms with E-state index >= 15 is 0 Å². The predicted octanol–water partition coefficient (Wildman–Crippen LogP) is 7.09. The smallest absolute Gasteiger partial charge is 0.293 e. The number of nitrogens with zero attached hydrogens (tertiary/aromatic N) is 3. The van der Waals surface area contributed by atoms with Crippen molar-refractivity contribution in [2.45, 2.75) is 33.6 Å². The van der Waals surface area contributed by atoms with Gasteiger partial charge in [0, 0.05) is 34.9 Å². The Morgan fingerprint density at radius 2 is 1.49 bits per heavy atom. The van der Waals surface area contributed by atoms with Crippen LogP contribution in [0.3, 0.4) is 0 Å². The second kappa shape index (κ2) is 15.2. The molecule has 8 heteroatoms. The van der Waals surface area contributed by atoms with E-state index in [0.29, 0.717) is 30.3 Å². The van der Waals surface area contributed by atoms with Crippen LogP contribution in [0.1, 0.15) is 42.1 Å². The van der Waals surface area contributed by atoms with Crippen LogP contribution in [0, 0.1) is 6.92 Å². The zero-order valence-electron chi connectivity index (χ0n) is 23.9. The Hall–Kier alpha value is -3.94. The maximum Gasteiger partial charge on any atom is 0.293 e. The highest BCUT2D eigenvalue weighted by atomic mass is 35.5. The Bertz CT molecular complexity index is 1390. The Kier molecular flexibility index (Phi) is 11.1. The molecule has 214 valence electrons. The molecule has 0 spiro atoms. The second-order valence-corrected chi connectivity index (χ2v) is 10.1. The van der Waals surface area contributed by atoms with Crippen LogP contribution in [-0.4, -0.2) is 53.6 Å². The number of aromatic nitrogens is 2. The molecule has 4 rings (SSSR count). The molecule has 0 aliphatic rings. The molecule has 1 heterocycles. The lowest BCUT2D eigenvalue weighted by molar-refractivity contribution is 0.101. The van der Waals surface area contributed by atoms with E-state index in [1.54, 1.807) is 0 Å². The number of ether oxygens (including phenoxy) is 2. The summed E-state index contributed by atoms with van der Waals surface area (Å²) in [4.78, 5) is 24.2. The topological polar surface area (TPSA) is 76.6 Å². The summed E-state index contributed by atoms with van der Waals surface area (Å²) in [6, 6.07) is 24.6. The molecular weight excluding hydrogens is 536 g/mol. The first-order valence-electron chi connectivity index (χ1n) is 14.0. The Labute approximate surface area is 247 Å². The van der Waals surface area contributed by atoms with E-state index in [-0.39, 0.29) is 11.7 Å². The standard InChI is InChI=1S/C33H37ClN4O3/c1-4-38(5-2)20-6-21-40-30-17-13-28(14-18-30)36-33(39)32-35-24(3)23-31(37-32)26-9-15-29(16-10-26)41-22-19-25-7-11-27(34)12-8-25/h7-18,23H,4-6,19-22H2,1-3H3,(H,36,39). The van der Waals surface area contributed by atoms with Crippen molar-refractivity contribution in [3.05, 3.63) is 101 Å². The predicted molar refractivity (Wildman–Crippen MR) is 165 cm³/mol. The molecule has 0 radical (unpaired) electrons. The average molecular weight is 573 g/mol. The largest absolute Gasteiger partial charge is 0.494 e. The van der Waals surface area contributed by atoms with Crippen LogP contribution < -0.4 is 14.8 Å². The average Bonchev–Trinajstić information content (AvgIpc) is 2.99. The molecule has 41 heavy (non-hydrogen) atoms. The second-order valence-electron chi connectivity index (χ2n) is 9.67. The minimum atomic E-state index is -0.370. The van der Waals surface area contributed by atoms with Crippen LogP contribution in [0.2, 0.25) is 5.02 Å². The highest BCUT2D eigenvalue weighted by Gasteiger charge is 2.13. The summed E-state index contributed by atoms with van der Waals surface area (Å²) in [6.45, 7) is 10.5. The Balaban J connectivity index is 1.30. The van der Waals surface area contributed by atoms with Gasteiger partial charge in [-0.1, -0.05) is 37.6 Å². The van der Waals surface area contributed by atoms with Gasteiger partial charge in [0.1, 0.15) is 11.5 Å². The number of aryl methyl sites for hydroxylation is 1. The molecule has 0 saturated heterocycles. The number of hydrogen-bond donors (Lipinski definition) is 1. The normalized spacial score (nSPS) is 11.0. The zero-order chi connectivity index (χ0) is 29.0. The lowest BCUT2D eigenvalue weighted by atomic mass is 10.1. The van der Waals surface area contributed by atoms with Crippen molar-refractivity contribution in [3.8, 4) is 22.8 Å². The quantitative estimate of drug-likeness (QED) is 0.163. The number of amides is 1. The van der Waals surface area contributed by atoms with Gasteiger partial charge in [0.25, 0.3) is 5.91 Å². The summed E-state index contributed by atoms with van der Waals surface area (Å²) >= 11 is 5.95. The monoisotopic (exact) mass is 572 g/mol. The van der Waals surface area contributed by atoms with E-state index in [1.165, 1.54) is 5.56 Å². The van der Waals surface area contributed by atoms with Gasteiger partial charge in [-0.05, 0) is 98.7 Å². The summed E-state index contributed by atoms with van der Waals surface area (Å²) < 4.78 is 11.7. The van der Waals surface area contributed by atoms with E-state index in [9.17, 15) is 4.79 Å². The summed E-state index contributed by atoms with van der Waals surface area (Å²) in [7, 11) is 0. The van der Waals surface area contributed by atoms with Gasteiger partial charge in [0.05, 0.1) is 18.9 Å². The first kappa shape index (κ1) is 30.0. The fourth-order valence-corrected chi connectivity index (χ4v) is 4.44. The number of benzene rings is 3. The van der Waals surface area contributed by atoms with Crippen molar-refractivity contribution in [1.82, 2.24) is 14.9 Å². The summed E-state index contributed by atoms with van der Waals surface area (Å²) in [5, 5.41) is 3.61.